The molecule has 0 saturated heterocycles. The molecule has 0 aromatic heterocycles. The average molecular weight is 307 g/mol. The largest absolute Gasteiger partial charge is 0.468 e. The zero-order valence-corrected chi connectivity index (χ0v) is 11.4. The molecule has 0 bridgehead atoms. The van der Waals surface area contributed by atoms with Gasteiger partial charge in [-0.25, -0.2) is 4.79 Å². The molecular formula is C11H13BrClNO2. The van der Waals surface area contributed by atoms with E-state index in [1.165, 1.54) is 7.11 Å². The minimum atomic E-state index is -0.472. The molecule has 1 aromatic carbocycles. The van der Waals surface area contributed by atoms with E-state index in [1.807, 2.05) is 19.1 Å². The molecule has 0 saturated carbocycles. The topological polar surface area (TPSA) is 38.3 Å². The molecule has 1 N–H and O–H groups in total. The van der Waals surface area contributed by atoms with Crippen LogP contribution >= 0.6 is 27.5 Å². The van der Waals surface area contributed by atoms with Crippen LogP contribution in [0.2, 0.25) is 5.02 Å². The predicted octanol–water partition coefficient (Wildman–Crippen LogP) is 2.93. The first-order valence-electron chi connectivity index (χ1n) is 4.86. The van der Waals surface area contributed by atoms with Crippen molar-refractivity contribution in [1.29, 1.82) is 0 Å². The molecular weight excluding hydrogens is 293 g/mol. The van der Waals surface area contributed by atoms with Gasteiger partial charge >= 0.3 is 5.97 Å². The van der Waals surface area contributed by atoms with Crippen LogP contribution in [-0.2, 0) is 9.53 Å². The molecule has 88 valence electrons. The van der Waals surface area contributed by atoms with Crippen molar-refractivity contribution in [3.8, 4) is 0 Å². The molecule has 0 heterocycles. The van der Waals surface area contributed by atoms with Gasteiger partial charge in [0.2, 0.25) is 0 Å². The van der Waals surface area contributed by atoms with Gasteiger partial charge in [0.05, 0.1) is 12.1 Å². The normalized spacial score (nSPS) is 12.2. The first kappa shape index (κ1) is 13.5. The lowest BCUT2D eigenvalue weighted by atomic mass is 10.1. The summed E-state index contributed by atoms with van der Waals surface area (Å²) in [5.41, 5.74) is 0.793. The van der Waals surface area contributed by atoms with Gasteiger partial charge in [0.15, 0.2) is 0 Å². The third-order valence-corrected chi connectivity index (χ3v) is 3.35. The van der Waals surface area contributed by atoms with E-state index in [0.717, 1.165) is 10.0 Å². The van der Waals surface area contributed by atoms with Gasteiger partial charge in [-0.05, 0) is 40.2 Å². The van der Waals surface area contributed by atoms with E-state index in [2.05, 4.69) is 21.2 Å². The predicted molar refractivity (Wildman–Crippen MR) is 67.6 cm³/mol. The quantitative estimate of drug-likeness (QED) is 0.869. The molecule has 0 amide bonds. The van der Waals surface area contributed by atoms with Crippen molar-refractivity contribution in [2.45, 2.75) is 13.0 Å². The number of carbonyl (C=O) groups excluding carboxylic acids is 1. The number of hydrogen-bond acceptors (Lipinski definition) is 3. The summed E-state index contributed by atoms with van der Waals surface area (Å²) in [6.07, 6.45) is 0. The molecule has 0 aliphatic rings. The monoisotopic (exact) mass is 305 g/mol. The number of esters is 1. The molecule has 1 unspecified atom stereocenters. The van der Waals surface area contributed by atoms with Crippen LogP contribution in [0.15, 0.2) is 22.7 Å². The van der Waals surface area contributed by atoms with Gasteiger partial charge in [0.1, 0.15) is 6.04 Å². The summed E-state index contributed by atoms with van der Waals surface area (Å²) in [6, 6.07) is 4.92. The van der Waals surface area contributed by atoms with E-state index in [0.29, 0.717) is 11.6 Å². The van der Waals surface area contributed by atoms with Crippen LogP contribution in [0.25, 0.3) is 0 Å². The van der Waals surface area contributed by atoms with Crippen molar-refractivity contribution < 1.29 is 9.53 Å². The standard InChI is InChI=1S/C11H13BrClNO2/c1-3-14-10(11(15)16-2)7-4-5-8(12)9(13)6-7/h4-6,10,14H,3H2,1-2H3. The molecule has 5 heteroatoms. The second-order valence-corrected chi connectivity index (χ2v) is 4.45. The first-order valence-corrected chi connectivity index (χ1v) is 6.03. The van der Waals surface area contributed by atoms with Crippen LogP contribution in [0.5, 0.6) is 0 Å². The maximum absolute atomic E-state index is 11.6. The molecule has 0 aliphatic carbocycles. The summed E-state index contributed by atoms with van der Waals surface area (Å²) in [4.78, 5) is 11.6. The van der Waals surface area contributed by atoms with Crippen LogP contribution in [-0.4, -0.2) is 19.6 Å². The smallest absolute Gasteiger partial charge is 0.327 e. The molecule has 16 heavy (non-hydrogen) atoms. The van der Waals surface area contributed by atoms with Gasteiger partial charge in [-0.1, -0.05) is 24.6 Å². The fourth-order valence-corrected chi connectivity index (χ4v) is 1.79. The van der Waals surface area contributed by atoms with Gasteiger partial charge in [0.25, 0.3) is 0 Å². The second kappa shape index (κ2) is 6.23. The zero-order valence-electron chi connectivity index (χ0n) is 9.09. The minimum Gasteiger partial charge on any atom is -0.468 e. The van der Waals surface area contributed by atoms with Gasteiger partial charge in [-0.3, -0.25) is 0 Å². The third-order valence-electron chi connectivity index (χ3n) is 2.12. The maximum atomic E-state index is 11.6. The summed E-state index contributed by atoms with van der Waals surface area (Å²) >= 11 is 9.28. The van der Waals surface area contributed by atoms with Crippen molar-refractivity contribution >= 4 is 33.5 Å². The summed E-state index contributed by atoms with van der Waals surface area (Å²) in [5, 5.41) is 3.62. The van der Waals surface area contributed by atoms with E-state index in [1.54, 1.807) is 6.07 Å². The Kier molecular flexibility index (Phi) is 5.25. The second-order valence-electron chi connectivity index (χ2n) is 3.19. The lowest BCUT2D eigenvalue weighted by Gasteiger charge is -2.16. The number of hydrogen-bond donors (Lipinski definition) is 1. The highest BCUT2D eigenvalue weighted by molar-refractivity contribution is 9.10. The van der Waals surface area contributed by atoms with E-state index in [9.17, 15) is 4.79 Å². The Hall–Kier alpha value is -0.580. The van der Waals surface area contributed by atoms with E-state index >= 15 is 0 Å². The Morgan fingerprint density at radius 1 is 1.62 bits per heavy atom. The van der Waals surface area contributed by atoms with Crippen molar-refractivity contribution in [2.75, 3.05) is 13.7 Å². The van der Waals surface area contributed by atoms with E-state index in [4.69, 9.17) is 16.3 Å². The number of benzene rings is 1. The molecule has 0 radical (unpaired) electrons. The Morgan fingerprint density at radius 3 is 2.81 bits per heavy atom. The lowest BCUT2D eigenvalue weighted by Crippen LogP contribution is -2.29. The van der Waals surface area contributed by atoms with Gasteiger partial charge in [-0.2, -0.15) is 0 Å². The summed E-state index contributed by atoms with van der Waals surface area (Å²) in [5.74, 6) is -0.319. The Bertz CT molecular complexity index is 384. The van der Waals surface area contributed by atoms with Crippen LogP contribution in [0.1, 0.15) is 18.5 Å². The number of halogens is 2. The van der Waals surface area contributed by atoms with Crippen molar-refractivity contribution in [3.05, 3.63) is 33.3 Å². The van der Waals surface area contributed by atoms with Crippen LogP contribution < -0.4 is 5.32 Å². The van der Waals surface area contributed by atoms with Crippen molar-refractivity contribution in [1.82, 2.24) is 5.32 Å². The van der Waals surface area contributed by atoms with Crippen molar-refractivity contribution in [2.24, 2.45) is 0 Å². The Labute approximate surface area is 108 Å². The molecule has 0 fully saturated rings. The van der Waals surface area contributed by atoms with Crippen LogP contribution in [0.4, 0.5) is 0 Å². The molecule has 0 spiro atoms. The van der Waals surface area contributed by atoms with Gasteiger partial charge in [0, 0.05) is 4.47 Å². The summed E-state index contributed by atoms with van der Waals surface area (Å²) in [6.45, 7) is 2.60. The maximum Gasteiger partial charge on any atom is 0.327 e. The fourth-order valence-electron chi connectivity index (χ4n) is 1.35. The molecule has 1 aromatic rings. The SMILES string of the molecule is CCNC(C(=O)OC)c1ccc(Br)c(Cl)c1. The highest BCUT2D eigenvalue weighted by Gasteiger charge is 2.20. The third kappa shape index (κ3) is 3.20. The summed E-state index contributed by atoms with van der Waals surface area (Å²) < 4.78 is 5.54. The average Bonchev–Trinajstić information content (AvgIpc) is 2.29. The molecule has 0 aliphatic heterocycles. The van der Waals surface area contributed by atoms with Crippen LogP contribution in [0, 0.1) is 0 Å². The number of methoxy groups -OCH3 is 1. The Morgan fingerprint density at radius 2 is 2.31 bits per heavy atom. The highest BCUT2D eigenvalue weighted by atomic mass is 79.9. The zero-order chi connectivity index (χ0) is 12.1. The van der Waals surface area contributed by atoms with E-state index in [-0.39, 0.29) is 5.97 Å². The first-order chi connectivity index (χ1) is 7.60. The molecule has 1 rings (SSSR count). The van der Waals surface area contributed by atoms with Gasteiger partial charge in [-0.15, -0.1) is 0 Å². The molecule has 1 atom stereocenters. The number of nitrogens with one attached hydrogen (secondary N) is 1. The fraction of sp³-hybridized carbons (Fsp3) is 0.364. The highest BCUT2D eigenvalue weighted by Crippen LogP contribution is 2.26. The number of ether oxygens (including phenoxy) is 1. The van der Waals surface area contributed by atoms with Crippen LogP contribution in [0.3, 0.4) is 0 Å². The number of rotatable bonds is 4. The number of likely N-dealkylation sites (N-methyl/N-ethyl adjacent to an activating group) is 1. The van der Waals surface area contributed by atoms with Crippen molar-refractivity contribution in [3.63, 3.8) is 0 Å². The minimum absolute atomic E-state index is 0.319. The lowest BCUT2D eigenvalue weighted by molar-refractivity contribution is -0.143. The Balaban J connectivity index is 3.01. The van der Waals surface area contributed by atoms with Gasteiger partial charge < -0.3 is 10.1 Å². The molecule has 3 nitrogen and oxygen atoms in total. The number of carbonyl (C=O) groups is 1. The van der Waals surface area contributed by atoms with E-state index < -0.39 is 6.04 Å². The summed E-state index contributed by atoms with van der Waals surface area (Å²) in [7, 11) is 1.37.